The normalized spacial score (nSPS) is 30.9. The summed E-state index contributed by atoms with van der Waals surface area (Å²) in [5.41, 5.74) is 0. The van der Waals surface area contributed by atoms with Gasteiger partial charge in [-0.2, -0.15) is 13.2 Å². The fourth-order valence-electron chi connectivity index (χ4n) is 4.05. The number of amides is 2. The molecule has 0 bridgehead atoms. The van der Waals surface area contributed by atoms with E-state index in [1.54, 1.807) is 0 Å². The molecule has 0 spiro atoms. The second kappa shape index (κ2) is 11.3. The molecular weight excluding hydrogens is 385 g/mol. The van der Waals surface area contributed by atoms with Crippen LogP contribution in [0, 0.1) is 5.92 Å². The molecule has 0 radical (unpaired) electrons. The van der Waals surface area contributed by atoms with E-state index in [1.807, 2.05) is 6.92 Å². The zero-order valence-electron chi connectivity index (χ0n) is 17.7. The Morgan fingerprint density at radius 3 is 2.59 bits per heavy atom. The first-order valence-corrected chi connectivity index (χ1v) is 10.7. The van der Waals surface area contributed by atoms with Gasteiger partial charge in [0.1, 0.15) is 6.29 Å². The number of nitrogens with zero attached hydrogens (tertiary/aromatic N) is 1. The van der Waals surface area contributed by atoms with Gasteiger partial charge in [-0.05, 0) is 72.6 Å². The lowest BCUT2D eigenvalue weighted by Crippen LogP contribution is -2.68. The summed E-state index contributed by atoms with van der Waals surface area (Å²) < 4.78 is 38.8. The summed E-state index contributed by atoms with van der Waals surface area (Å²) >= 11 is 0. The van der Waals surface area contributed by atoms with E-state index >= 15 is 0 Å². The van der Waals surface area contributed by atoms with Gasteiger partial charge in [0.25, 0.3) is 0 Å². The molecule has 2 aliphatic rings. The molecule has 10 heteroatoms. The highest BCUT2D eigenvalue weighted by molar-refractivity contribution is 5.74. The zero-order valence-corrected chi connectivity index (χ0v) is 17.7. The van der Waals surface area contributed by atoms with Crippen molar-refractivity contribution >= 4 is 6.03 Å². The number of alkyl halides is 3. The quantitative estimate of drug-likeness (QED) is 0.384. The number of halogens is 3. The van der Waals surface area contributed by atoms with Crippen molar-refractivity contribution in [3.63, 3.8) is 0 Å². The Morgan fingerprint density at radius 1 is 1.14 bits per heavy atom. The van der Waals surface area contributed by atoms with Crippen molar-refractivity contribution in [2.24, 2.45) is 5.92 Å². The summed E-state index contributed by atoms with van der Waals surface area (Å²) in [6, 6.07) is -0.686. The van der Waals surface area contributed by atoms with Crippen molar-refractivity contribution in [1.29, 1.82) is 0 Å². The number of nitrogens with one attached hydrogen (secondary N) is 5. The van der Waals surface area contributed by atoms with E-state index in [-0.39, 0.29) is 29.3 Å². The fraction of sp³-hybridized carbons (Fsp3) is 0.947. The van der Waals surface area contributed by atoms with Gasteiger partial charge >= 0.3 is 12.2 Å². The van der Waals surface area contributed by atoms with Crippen LogP contribution in [-0.4, -0.2) is 68.8 Å². The number of carbonyl (C=O) groups excluding carboxylic acids is 1. The second-order valence-electron chi connectivity index (χ2n) is 8.64. The van der Waals surface area contributed by atoms with Gasteiger partial charge in [0.15, 0.2) is 0 Å². The van der Waals surface area contributed by atoms with Crippen LogP contribution in [0.1, 0.15) is 56.1 Å². The summed E-state index contributed by atoms with van der Waals surface area (Å²) in [7, 11) is 4.11. The molecule has 5 atom stereocenters. The third-order valence-corrected chi connectivity index (χ3v) is 5.58. The maximum atomic E-state index is 12.9. The van der Waals surface area contributed by atoms with Gasteiger partial charge in [-0.25, -0.2) is 4.79 Å². The van der Waals surface area contributed by atoms with Crippen LogP contribution in [-0.2, 0) is 0 Å². The van der Waals surface area contributed by atoms with Gasteiger partial charge < -0.3 is 20.9 Å². The number of hydrogen-bond donors (Lipinski definition) is 5. The van der Waals surface area contributed by atoms with E-state index in [4.69, 9.17) is 0 Å². The van der Waals surface area contributed by atoms with Gasteiger partial charge in [-0.15, -0.1) is 0 Å². The highest BCUT2D eigenvalue weighted by atomic mass is 19.4. The Balaban J connectivity index is 0. The maximum Gasteiger partial charge on any atom is 0.391 e. The summed E-state index contributed by atoms with van der Waals surface area (Å²) in [6.07, 6.45) is -0.327. The van der Waals surface area contributed by atoms with Crippen molar-refractivity contribution in [1.82, 2.24) is 31.5 Å². The van der Waals surface area contributed by atoms with E-state index in [0.29, 0.717) is 12.8 Å². The Labute approximate surface area is 176 Å². The van der Waals surface area contributed by atoms with Gasteiger partial charge in [0, 0.05) is 16.4 Å². The van der Waals surface area contributed by atoms with Gasteiger partial charge in [-0.1, -0.05) is 6.42 Å². The molecule has 1 aliphatic heterocycles. The molecule has 1 saturated heterocycles. The highest BCUT2D eigenvalue weighted by Crippen LogP contribution is 2.37. The molecule has 176 valence electrons. The number of rotatable bonds is 8. The Hall–Kier alpha value is -1.10. The Bertz CT molecular complexity index is 519. The molecule has 1 aliphatic carbocycles. The first-order chi connectivity index (χ1) is 13.6. The summed E-state index contributed by atoms with van der Waals surface area (Å²) in [5, 5.41) is 15.5. The van der Waals surface area contributed by atoms with Crippen molar-refractivity contribution in [2.45, 2.75) is 82.6 Å². The van der Waals surface area contributed by atoms with E-state index in [9.17, 15) is 18.0 Å². The molecule has 7 nitrogen and oxygen atoms in total. The van der Waals surface area contributed by atoms with Crippen LogP contribution >= 0.6 is 0 Å². The lowest BCUT2D eigenvalue weighted by atomic mass is 9.85. The van der Waals surface area contributed by atoms with E-state index in [2.05, 4.69) is 45.6 Å². The first-order valence-electron chi connectivity index (χ1n) is 10.7. The molecule has 0 aromatic rings. The van der Waals surface area contributed by atoms with Gasteiger partial charge in [-0.3, -0.25) is 10.6 Å². The lowest BCUT2D eigenvalue weighted by Gasteiger charge is -2.37. The van der Waals surface area contributed by atoms with Crippen LogP contribution in [0.15, 0.2) is 0 Å². The van der Waals surface area contributed by atoms with Gasteiger partial charge in [0.05, 0.1) is 12.1 Å². The number of hydrogen-bond acceptors (Lipinski definition) is 5. The molecule has 2 rings (SSSR count). The van der Waals surface area contributed by atoms with Crippen LogP contribution in [0.3, 0.4) is 0 Å². The van der Waals surface area contributed by atoms with Crippen LogP contribution in [0.25, 0.3) is 0 Å². The van der Waals surface area contributed by atoms with Gasteiger partial charge in [0.2, 0.25) is 0 Å². The summed E-state index contributed by atoms with van der Waals surface area (Å²) in [5.74, 6) is -1.33. The third kappa shape index (κ3) is 9.06. The van der Waals surface area contributed by atoms with Crippen LogP contribution in [0.2, 0.25) is 0 Å². The SMILES string of the molecule is CC1CC(NCCCCN(C)C)NC(NC(=O)NC2CCCC(C(F)(F)F)C2)N1.[HH].[HH].[HH]. The zero-order chi connectivity index (χ0) is 21.4. The third-order valence-electron chi connectivity index (χ3n) is 5.58. The van der Waals surface area contributed by atoms with E-state index < -0.39 is 30.5 Å². The minimum Gasteiger partial charge on any atom is -0.335 e. The summed E-state index contributed by atoms with van der Waals surface area (Å²) in [4.78, 5) is 14.5. The minimum absolute atomic E-state index is 0. The van der Waals surface area contributed by atoms with Crippen molar-refractivity contribution in [3.05, 3.63) is 0 Å². The number of carbonyl (C=O) groups is 1. The average molecular weight is 429 g/mol. The maximum absolute atomic E-state index is 12.9. The second-order valence-corrected chi connectivity index (χ2v) is 8.64. The Morgan fingerprint density at radius 2 is 1.90 bits per heavy atom. The van der Waals surface area contributed by atoms with Crippen molar-refractivity contribution < 1.29 is 22.2 Å². The molecule has 29 heavy (non-hydrogen) atoms. The molecule has 1 saturated carbocycles. The number of unbranched alkanes of at least 4 members (excludes halogenated alkanes) is 1. The lowest BCUT2D eigenvalue weighted by molar-refractivity contribution is -0.183. The molecule has 0 aromatic carbocycles. The predicted octanol–water partition coefficient (Wildman–Crippen LogP) is 2.66. The minimum atomic E-state index is -4.19. The Kier molecular flexibility index (Phi) is 9.45. The smallest absolute Gasteiger partial charge is 0.335 e. The molecule has 5 unspecified atom stereocenters. The highest BCUT2D eigenvalue weighted by Gasteiger charge is 2.42. The topological polar surface area (TPSA) is 80.5 Å². The average Bonchev–Trinajstić information content (AvgIpc) is 2.60. The largest absolute Gasteiger partial charge is 0.391 e. The van der Waals surface area contributed by atoms with Crippen LogP contribution in [0.5, 0.6) is 0 Å². The summed E-state index contributed by atoms with van der Waals surface area (Å²) in [6.45, 7) is 3.99. The van der Waals surface area contributed by atoms with Crippen molar-refractivity contribution in [2.75, 3.05) is 27.2 Å². The van der Waals surface area contributed by atoms with Crippen molar-refractivity contribution in [3.8, 4) is 0 Å². The number of urea groups is 1. The molecule has 0 aromatic heterocycles. The predicted molar refractivity (Wildman–Crippen MR) is 114 cm³/mol. The fourth-order valence-corrected chi connectivity index (χ4v) is 4.05. The van der Waals surface area contributed by atoms with E-state index in [0.717, 1.165) is 32.4 Å². The van der Waals surface area contributed by atoms with Crippen LogP contribution < -0.4 is 26.6 Å². The monoisotopic (exact) mass is 428 g/mol. The molecule has 2 fully saturated rings. The van der Waals surface area contributed by atoms with E-state index in [1.165, 1.54) is 0 Å². The molecular formula is C19H43F3N6O. The standard InChI is InChI=1S/C19H37F3N6O.3H2/c1-13-11-16(23-9-4-5-10-28(2)3)26-17(24-13)27-18(29)25-15-8-6-7-14(12-15)19(20,21)22;;;/h13-17,23-24,26H,4-12H2,1-3H3,(H2,25,27,29);3*1H. The molecule has 5 N–H and O–H groups in total. The van der Waals surface area contributed by atoms with Crippen LogP contribution in [0.4, 0.5) is 18.0 Å². The first kappa shape index (κ1) is 24.2. The molecule has 2 amide bonds. The molecule has 1 heterocycles.